The highest BCUT2D eigenvalue weighted by Gasteiger charge is 2.26. The summed E-state index contributed by atoms with van der Waals surface area (Å²) in [5.74, 6) is 0.452. The Morgan fingerprint density at radius 1 is 1.59 bits per heavy atom. The van der Waals surface area contributed by atoms with Crippen LogP contribution >= 0.6 is 11.6 Å². The van der Waals surface area contributed by atoms with E-state index in [1.165, 1.54) is 0 Å². The second-order valence-electron chi connectivity index (χ2n) is 4.58. The normalized spacial score (nSPS) is 19.5. The Kier molecular flexibility index (Phi) is 4.42. The molecule has 2 N–H and O–H groups in total. The maximum atomic E-state index is 6.35. The topological polar surface area (TPSA) is 53.1 Å². The van der Waals surface area contributed by atoms with E-state index in [1.54, 1.807) is 6.20 Å². The quantitative estimate of drug-likeness (QED) is 0.901. The predicted octanol–water partition coefficient (Wildman–Crippen LogP) is 2.37. The molecule has 96 valence electrons. The Morgan fingerprint density at radius 2 is 2.29 bits per heavy atom. The van der Waals surface area contributed by atoms with Crippen molar-refractivity contribution in [1.29, 1.82) is 0 Å². The second kappa shape index (κ2) is 5.85. The van der Waals surface area contributed by atoms with Crippen LogP contribution in [0.25, 0.3) is 0 Å². The lowest BCUT2D eigenvalue weighted by Crippen LogP contribution is -2.29. The van der Waals surface area contributed by atoms with Crippen molar-refractivity contribution in [3.05, 3.63) is 16.9 Å². The molecule has 0 bridgehead atoms. The van der Waals surface area contributed by atoms with Crippen molar-refractivity contribution in [2.24, 2.45) is 11.7 Å². The average molecular weight is 258 g/mol. The summed E-state index contributed by atoms with van der Waals surface area (Å²) >= 11 is 6.20. The lowest BCUT2D eigenvalue weighted by Gasteiger charge is -2.28. The molecule has 4 nitrogen and oxygen atoms in total. The van der Waals surface area contributed by atoms with E-state index in [0.29, 0.717) is 10.9 Å². The predicted molar refractivity (Wildman–Crippen MR) is 68.0 cm³/mol. The van der Waals surface area contributed by atoms with E-state index in [9.17, 15) is 0 Å². The molecule has 5 heteroatoms. The van der Waals surface area contributed by atoms with Crippen LogP contribution < -0.4 is 5.73 Å². The van der Waals surface area contributed by atoms with Gasteiger partial charge in [0.1, 0.15) is 0 Å². The fourth-order valence-electron chi connectivity index (χ4n) is 2.39. The van der Waals surface area contributed by atoms with Crippen molar-refractivity contribution in [3.8, 4) is 0 Å². The number of nitrogens with zero attached hydrogens (tertiary/aromatic N) is 2. The zero-order valence-corrected chi connectivity index (χ0v) is 11.0. The molecule has 1 unspecified atom stereocenters. The van der Waals surface area contributed by atoms with Gasteiger partial charge in [0.25, 0.3) is 0 Å². The van der Waals surface area contributed by atoms with E-state index < -0.39 is 0 Å². The van der Waals surface area contributed by atoms with E-state index in [4.69, 9.17) is 22.1 Å². The molecule has 0 spiro atoms. The van der Waals surface area contributed by atoms with Crippen molar-refractivity contribution >= 4 is 11.6 Å². The first-order valence-electron chi connectivity index (χ1n) is 6.28. The van der Waals surface area contributed by atoms with E-state index in [1.807, 2.05) is 4.68 Å². The standard InChI is InChI=1S/C12H20ClN3O/c1-2-5-16-12(10(13)8-15-16)11(14)9-3-6-17-7-4-9/h8-9,11H,2-7,14H2,1H3. The summed E-state index contributed by atoms with van der Waals surface area (Å²) in [4.78, 5) is 0. The molecule has 0 saturated carbocycles. The minimum Gasteiger partial charge on any atom is -0.381 e. The monoisotopic (exact) mass is 257 g/mol. The number of aromatic nitrogens is 2. The van der Waals surface area contributed by atoms with Gasteiger partial charge in [0, 0.05) is 19.8 Å². The van der Waals surface area contributed by atoms with Gasteiger partial charge in [-0.1, -0.05) is 18.5 Å². The molecule has 2 heterocycles. The third-order valence-corrected chi connectivity index (χ3v) is 3.65. The molecule has 1 atom stereocenters. The highest BCUT2D eigenvalue weighted by atomic mass is 35.5. The number of hydrogen-bond donors (Lipinski definition) is 1. The number of aryl methyl sites for hydroxylation is 1. The summed E-state index contributed by atoms with van der Waals surface area (Å²) in [6.45, 7) is 4.61. The maximum absolute atomic E-state index is 6.35. The van der Waals surface area contributed by atoms with Crippen LogP contribution in [0.5, 0.6) is 0 Å². The molecule has 0 radical (unpaired) electrons. The van der Waals surface area contributed by atoms with Crippen molar-refractivity contribution < 1.29 is 4.74 Å². The van der Waals surface area contributed by atoms with Gasteiger partial charge in [-0.2, -0.15) is 5.10 Å². The number of rotatable bonds is 4. The molecule has 0 amide bonds. The van der Waals surface area contributed by atoms with Crippen LogP contribution in [0.1, 0.15) is 37.9 Å². The van der Waals surface area contributed by atoms with Crippen LogP contribution in [0.3, 0.4) is 0 Å². The molecule has 0 aromatic carbocycles. The van der Waals surface area contributed by atoms with Crippen molar-refractivity contribution in [1.82, 2.24) is 9.78 Å². The van der Waals surface area contributed by atoms with Crippen LogP contribution in [0.4, 0.5) is 0 Å². The van der Waals surface area contributed by atoms with Crippen molar-refractivity contribution in [3.63, 3.8) is 0 Å². The van der Waals surface area contributed by atoms with Crippen molar-refractivity contribution in [2.75, 3.05) is 13.2 Å². The maximum Gasteiger partial charge on any atom is 0.0834 e. The molecule has 2 rings (SSSR count). The van der Waals surface area contributed by atoms with Crippen molar-refractivity contribution in [2.45, 2.75) is 38.8 Å². The Hall–Kier alpha value is -0.580. The number of hydrogen-bond acceptors (Lipinski definition) is 3. The van der Waals surface area contributed by atoms with Gasteiger partial charge in [-0.25, -0.2) is 0 Å². The number of halogens is 1. The summed E-state index contributed by atoms with van der Waals surface area (Å²) in [6, 6.07) is -0.0274. The first kappa shape index (κ1) is 12.9. The molecule has 1 aromatic rings. The minimum atomic E-state index is -0.0274. The van der Waals surface area contributed by atoms with Gasteiger partial charge < -0.3 is 10.5 Å². The van der Waals surface area contributed by atoms with Crippen LogP contribution in [-0.4, -0.2) is 23.0 Å². The Bertz CT molecular complexity index is 361. The molecule has 1 aromatic heterocycles. The van der Waals surface area contributed by atoms with Crippen LogP contribution in [0.15, 0.2) is 6.20 Å². The molecule has 1 saturated heterocycles. The zero-order chi connectivity index (χ0) is 12.3. The number of nitrogens with two attached hydrogens (primary N) is 1. The average Bonchev–Trinajstić information content (AvgIpc) is 2.71. The highest BCUT2D eigenvalue weighted by molar-refractivity contribution is 6.31. The van der Waals surface area contributed by atoms with Gasteiger partial charge in [0.2, 0.25) is 0 Å². The van der Waals surface area contributed by atoms with Crippen LogP contribution in [0, 0.1) is 5.92 Å². The SMILES string of the molecule is CCCn1ncc(Cl)c1C(N)C1CCOCC1. The summed E-state index contributed by atoms with van der Waals surface area (Å²) in [6.07, 6.45) is 4.75. The zero-order valence-electron chi connectivity index (χ0n) is 10.2. The molecule has 0 aliphatic carbocycles. The van der Waals surface area contributed by atoms with Crippen LogP contribution in [0.2, 0.25) is 5.02 Å². The van der Waals surface area contributed by atoms with Gasteiger partial charge in [-0.05, 0) is 25.2 Å². The third-order valence-electron chi connectivity index (χ3n) is 3.36. The van der Waals surface area contributed by atoms with E-state index >= 15 is 0 Å². The smallest absolute Gasteiger partial charge is 0.0834 e. The second-order valence-corrected chi connectivity index (χ2v) is 4.98. The molecular formula is C12H20ClN3O. The highest BCUT2D eigenvalue weighted by Crippen LogP contribution is 2.32. The summed E-state index contributed by atoms with van der Waals surface area (Å²) in [7, 11) is 0. The summed E-state index contributed by atoms with van der Waals surface area (Å²) in [5.41, 5.74) is 7.33. The lowest BCUT2D eigenvalue weighted by atomic mass is 9.90. The summed E-state index contributed by atoms with van der Waals surface area (Å²) in [5, 5.41) is 4.99. The first-order valence-corrected chi connectivity index (χ1v) is 6.66. The van der Waals surface area contributed by atoms with Crippen LogP contribution in [-0.2, 0) is 11.3 Å². The Morgan fingerprint density at radius 3 is 2.94 bits per heavy atom. The summed E-state index contributed by atoms with van der Waals surface area (Å²) < 4.78 is 7.31. The minimum absolute atomic E-state index is 0.0274. The van der Waals surface area contributed by atoms with Gasteiger partial charge in [0.05, 0.1) is 23.0 Å². The molecule has 1 aliphatic rings. The van der Waals surface area contributed by atoms with Gasteiger partial charge >= 0.3 is 0 Å². The lowest BCUT2D eigenvalue weighted by molar-refractivity contribution is 0.0574. The Labute approximate surface area is 107 Å². The van der Waals surface area contributed by atoms with E-state index in [-0.39, 0.29) is 6.04 Å². The number of ether oxygens (including phenoxy) is 1. The fourth-order valence-corrected chi connectivity index (χ4v) is 2.66. The Balaban J connectivity index is 2.16. The molecular weight excluding hydrogens is 238 g/mol. The molecule has 1 aliphatic heterocycles. The van der Waals surface area contributed by atoms with Gasteiger partial charge in [-0.3, -0.25) is 4.68 Å². The van der Waals surface area contributed by atoms with E-state index in [0.717, 1.165) is 44.7 Å². The van der Waals surface area contributed by atoms with Gasteiger partial charge in [0.15, 0.2) is 0 Å². The first-order chi connectivity index (χ1) is 8.24. The third kappa shape index (κ3) is 2.81. The largest absolute Gasteiger partial charge is 0.381 e. The molecule has 1 fully saturated rings. The fraction of sp³-hybridized carbons (Fsp3) is 0.750. The van der Waals surface area contributed by atoms with E-state index in [2.05, 4.69) is 12.0 Å². The molecule has 17 heavy (non-hydrogen) atoms. The van der Waals surface area contributed by atoms with Gasteiger partial charge in [-0.15, -0.1) is 0 Å².